The summed E-state index contributed by atoms with van der Waals surface area (Å²) in [5, 5.41) is 27.0. The molecule has 1 rings (SSSR count). The van der Waals surface area contributed by atoms with Crippen LogP contribution in [0.1, 0.15) is 19.4 Å². The van der Waals surface area contributed by atoms with Crippen molar-refractivity contribution in [1.29, 1.82) is 15.8 Å². The van der Waals surface area contributed by atoms with Crippen molar-refractivity contribution in [3.8, 4) is 29.7 Å². The lowest BCUT2D eigenvalue weighted by Gasteiger charge is -2.13. The molecule has 0 saturated carbocycles. The molecule has 0 spiro atoms. The van der Waals surface area contributed by atoms with E-state index in [0.29, 0.717) is 34.7 Å². The first kappa shape index (κ1) is 19.1. The zero-order valence-electron chi connectivity index (χ0n) is 13.3. The molecule has 0 unspecified atom stereocenters. The molecule has 2 N–H and O–H groups in total. The van der Waals surface area contributed by atoms with Crippen LogP contribution in [0, 0.1) is 34.0 Å². The molecule has 24 heavy (non-hydrogen) atoms. The number of nitrogens with two attached hydrogens (primary N) is 1. The van der Waals surface area contributed by atoms with Crippen LogP contribution in [0.4, 0.5) is 0 Å². The van der Waals surface area contributed by atoms with Crippen LogP contribution >= 0.6 is 15.9 Å². The van der Waals surface area contributed by atoms with E-state index in [1.165, 1.54) is 6.08 Å². The van der Waals surface area contributed by atoms with E-state index < -0.39 is 0 Å². The van der Waals surface area contributed by atoms with Gasteiger partial charge in [-0.05, 0) is 53.5 Å². The normalized spacial score (nSPS) is 10.1. The molecule has 0 radical (unpaired) electrons. The lowest BCUT2D eigenvalue weighted by Crippen LogP contribution is -2.04. The van der Waals surface area contributed by atoms with Gasteiger partial charge in [-0.3, -0.25) is 0 Å². The first-order valence-electron chi connectivity index (χ1n) is 7.03. The molecule has 0 aliphatic heterocycles. The van der Waals surface area contributed by atoms with Crippen LogP contribution in [0.2, 0.25) is 0 Å². The Morgan fingerprint density at radius 1 is 1.12 bits per heavy atom. The van der Waals surface area contributed by atoms with E-state index in [1.807, 2.05) is 19.9 Å². The summed E-state index contributed by atoms with van der Waals surface area (Å²) >= 11 is 3.41. The number of ether oxygens (including phenoxy) is 2. The molecule has 122 valence electrons. The number of allylic oxidation sites excluding steroid dienone is 2. The van der Waals surface area contributed by atoms with Crippen molar-refractivity contribution in [2.45, 2.75) is 13.8 Å². The lowest BCUT2D eigenvalue weighted by atomic mass is 10.1. The number of rotatable bonds is 6. The third-order valence-corrected chi connectivity index (χ3v) is 3.42. The monoisotopic (exact) mass is 386 g/mol. The molecule has 1 aromatic rings. The molecule has 0 fully saturated rings. The molecule has 0 aliphatic rings. The number of halogens is 1. The van der Waals surface area contributed by atoms with E-state index >= 15 is 0 Å². The predicted molar refractivity (Wildman–Crippen MR) is 92.5 cm³/mol. The van der Waals surface area contributed by atoms with Gasteiger partial charge in [-0.2, -0.15) is 15.8 Å². The third kappa shape index (κ3) is 4.52. The van der Waals surface area contributed by atoms with Gasteiger partial charge in [-0.15, -0.1) is 0 Å². The number of hydrogen-bond acceptors (Lipinski definition) is 6. The second kappa shape index (κ2) is 9.25. The second-order valence-corrected chi connectivity index (χ2v) is 5.23. The zero-order chi connectivity index (χ0) is 18.1. The summed E-state index contributed by atoms with van der Waals surface area (Å²) in [6.07, 6.45) is 1.48. The van der Waals surface area contributed by atoms with Gasteiger partial charge in [0.2, 0.25) is 0 Å². The molecule has 0 bridgehead atoms. The summed E-state index contributed by atoms with van der Waals surface area (Å²) < 4.78 is 11.8. The zero-order valence-corrected chi connectivity index (χ0v) is 14.8. The van der Waals surface area contributed by atoms with Gasteiger partial charge >= 0.3 is 0 Å². The molecule has 0 atom stereocenters. The van der Waals surface area contributed by atoms with Gasteiger partial charge in [0.05, 0.1) is 29.0 Å². The average molecular weight is 387 g/mol. The fourth-order valence-corrected chi connectivity index (χ4v) is 2.41. The first-order chi connectivity index (χ1) is 11.5. The summed E-state index contributed by atoms with van der Waals surface area (Å²) in [4.78, 5) is 0. The Morgan fingerprint density at radius 2 is 1.75 bits per heavy atom. The summed E-state index contributed by atoms with van der Waals surface area (Å²) in [6.45, 7) is 4.63. The van der Waals surface area contributed by atoms with Crippen molar-refractivity contribution in [3.63, 3.8) is 0 Å². The van der Waals surface area contributed by atoms with Crippen molar-refractivity contribution in [2.75, 3.05) is 13.2 Å². The molecular weight excluding hydrogens is 372 g/mol. The van der Waals surface area contributed by atoms with Crippen LogP contribution in [0.5, 0.6) is 11.5 Å². The van der Waals surface area contributed by atoms with Gasteiger partial charge in [-0.25, -0.2) is 0 Å². The Labute approximate surface area is 149 Å². The molecule has 6 nitrogen and oxygen atoms in total. The molecule has 0 aliphatic carbocycles. The van der Waals surface area contributed by atoms with E-state index in [4.69, 9.17) is 25.7 Å². The molecule has 7 heteroatoms. The summed E-state index contributed by atoms with van der Waals surface area (Å²) in [6, 6.07) is 8.67. The lowest BCUT2D eigenvalue weighted by molar-refractivity contribution is 0.286. The Hall–Kier alpha value is -2.95. The van der Waals surface area contributed by atoms with Crippen LogP contribution < -0.4 is 15.2 Å². The fraction of sp³-hybridized carbons (Fsp3) is 0.235. The molecule has 0 heterocycles. The minimum atomic E-state index is -0.308. The molecular formula is C17H15BrN4O2. The number of benzene rings is 1. The largest absolute Gasteiger partial charge is 0.490 e. The van der Waals surface area contributed by atoms with Gasteiger partial charge in [0.15, 0.2) is 17.1 Å². The maximum Gasteiger partial charge on any atom is 0.175 e. The second-order valence-electron chi connectivity index (χ2n) is 4.38. The maximum absolute atomic E-state index is 9.26. The van der Waals surface area contributed by atoms with Gasteiger partial charge in [0, 0.05) is 0 Å². The highest BCUT2D eigenvalue weighted by Crippen LogP contribution is 2.37. The summed E-state index contributed by atoms with van der Waals surface area (Å²) in [5.74, 6) is 1.08. The third-order valence-electron chi connectivity index (χ3n) is 2.83. The van der Waals surface area contributed by atoms with Crippen molar-refractivity contribution in [3.05, 3.63) is 39.0 Å². The predicted octanol–water partition coefficient (Wildman–Crippen LogP) is 3.41. The highest BCUT2D eigenvalue weighted by Gasteiger charge is 2.13. The summed E-state index contributed by atoms with van der Waals surface area (Å²) in [7, 11) is 0. The minimum Gasteiger partial charge on any atom is -0.490 e. The van der Waals surface area contributed by atoms with E-state index in [9.17, 15) is 5.26 Å². The highest BCUT2D eigenvalue weighted by molar-refractivity contribution is 9.10. The Kier molecular flexibility index (Phi) is 7.36. The molecule has 0 saturated heterocycles. The van der Waals surface area contributed by atoms with Crippen molar-refractivity contribution < 1.29 is 9.47 Å². The van der Waals surface area contributed by atoms with Crippen LogP contribution in [-0.4, -0.2) is 13.2 Å². The van der Waals surface area contributed by atoms with Crippen molar-refractivity contribution >= 4 is 22.0 Å². The van der Waals surface area contributed by atoms with Crippen LogP contribution in [0.25, 0.3) is 6.08 Å². The Bertz CT molecular complexity index is 792. The Morgan fingerprint density at radius 3 is 2.25 bits per heavy atom. The quantitative estimate of drug-likeness (QED) is 0.591. The van der Waals surface area contributed by atoms with Crippen molar-refractivity contribution in [2.24, 2.45) is 5.73 Å². The van der Waals surface area contributed by atoms with Gasteiger partial charge in [0.1, 0.15) is 18.2 Å². The number of nitriles is 3. The smallest absolute Gasteiger partial charge is 0.175 e. The highest BCUT2D eigenvalue weighted by atomic mass is 79.9. The summed E-state index contributed by atoms with van der Waals surface area (Å²) in [5.41, 5.74) is 5.90. The van der Waals surface area contributed by atoms with Gasteiger partial charge < -0.3 is 15.2 Å². The molecule has 0 aromatic heterocycles. The van der Waals surface area contributed by atoms with Crippen LogP contribution in [0.3, 0.4) is 0 Å². The maximum atomic E-state index is 9.26. The molecule has 0 amide bonds. The average Bonchev–Trinajstić information content (AvgIpc) is 2.57. The number of hydrogen-bond donors (Lipinski definition) is 1. The van der Waals surface area contributed by atoms with E-state index in [2.05, 4.69) is 15.9 Å². The number of nitrogens with zero attached hydrogens (tertiary/aromatic N) is 3. The topological polar surface area (TPSA) is 116 Å². The van der Waals surface area contributed by atoms with E-state index in [0.717, 1.165) is 0 Å². The minimum absolute atomic E-state index is 0.0200. The van der Waals surface area contributed by atoms with Gasteiger partial charge in [-0.1, -0.05) is 0 Å². The SMILES string of the molecule is CCOc1cc(/C=C(\C#N)C(N)=C(C#N)C#N)cc(Br)c1OCC. The first-order valence-corrected chi connectivity index (χ1v) is 7.82. The molecule has 1 aromatic carbocycles. The van der Waals surface area contributed by atoms with Crippen LogP contribution in [0.15, 0.2) is 33.4 Å². The Balaban J connectivity index is 3.47. The van der Waals surface area contributed by atoms with Crippen LogP contribution in [-0.2, 0) is 0 Å². The van der Waals surface area contributed by atoms with Crippen molar-refractivity contribution in [1.82, 2.24) is 0 Å². The standard InChI is InChI=1S/C17H15BrN4O2/c1-3-23-15-7-11(6-14(18)17(15)24-4-2)5-12(8-19)16(22)13(9-20)10-21/h5-7H,3-4,22H2,1-2H3/b12-5+. The van der Waals surface area contributed by atoms with Gasteiger partial charge in [0.25, 0.3) is 0 Å². The fourth-order valence-electron chi connectivity index (χ4n) is 1.84. The van der Waals surface area contributed by atoms with E-state index in [-0.39, 0.29) is 16.8 Å². The van der Waals surface area contributed by atoms with E-state index in [1.54, 1.807) is 24.3 Å².